The fourth-order valence-electron chi connectivity index (χ4n) is 3.07. The Labute approximate surface area is 107 Å². The molecule has 100 valence electrons. The first kappa shape index (κ1) is 13.4. The van der Waals surface area contributed by atoms with Crippen molar-refractivity contribution in [3.63, 3.8) is 0 Å². The van der Waals surface area contributed by atoms with Crippen LogP contribution >= 0.6 is 0 Å². The highest BCUT2D eigenvalue weighted by Crippen LogP contribution is 2.33. The molecule has 2 aliphatic rings. The number of hydrogen-bond donors (Lipinski definition) is 1. The molecule has 2 heteroatoms. The first-order valence-corrected chi connectivity index (χ1v) is 7.78. The van der Waals surface area contributed by atoms with Crippen molar-refractivity contribution in [1.82, 2.24) is 10.2 Å². The van der Waals surface area contributed by atoms with E-state index in [9.17, 15) is 0 Å². The van der Waals surface area contributed by atoms with Crippen molar-refractivity contribution in [2.24, 2.45) is 5.92 Å². The SMILES string of the molecule is CCCCCC(C)N1CCCNC(C2CC2)C1. The van der Waals surface area contributed by atoms with Gasteiger partial charge in [-0.2, -0.15) is 0 Å². The molecule has 0 aromatic heterocycles. The van der Waals surface area contributed by atoms with Crippen LogP contribution in [-0.4, -0.2) is 36.6 Å². The molecule has 0 bridgehead atoms. The van der Waals surface area contributed by atoms with E-state index in [4.69, 9.17) is 0 Å². The van der Waals surface area contributed by atoms with E-state index in [0.29, 0.717) is 0 Å². The van der Waals surface area contributed by atoms with Crippen molar-refractivity contribution in [3.05, 3.63) is 0 Å². The van der Waals surface area contributed by atoms with Crippen LogP contribution in [0.3, 0.4) is 0 Å². The molecule has 1 aliphatic heterocycles. The highest BCUT2D eigenvalue weighted by atomic mass is 15.2. The number of hydrogen-bond acceptors (Lipinski definition) is 2. The van der Waals surface area contributed by atoms with Crippen LogP contribution in [-0.2, 0) is 0 Å². The van der Waals surface area contributed by atoms with E-state index in [-0.39, 0.29) is 0 Å². The van der Waals surface area contributed by atoms with Crippen LogP contribution in [0.15, 0.2) is 0 Å². The zero-order valence-electron chi connectivity index (χ0n) is 11.8. The van der Waals surface area contributed by atoms with Crippen LogP contribution in [0.1, 0.15) is 58.8 Å². The molecule has 2 fully saturated rings. The van der Waals surface area contributed by atoms with Crippen LogP contribution in [0.25, 0.3) is 0 Å². The highest BCUT2D eigenvalue weighted by Gasteiger charge is 2.33. The Hall–Kier alpha value is -0.0800. The van der Waals surface area contributed by atoms with Gasteiger partial charge in [0.15, 0.2) is 0 Å². The first-order chi connectivity index (χ1) is 8.31. The highest BCUT2D eigenvalue weighted by molar-refractivity contribution is 4.90. The van der Waals surface area contributed by atoms with Crippen molar-refractivity contribution in [1.29, 1.82) is 0 Å². The molecule has 0 spiro atoms. The molecule has 2 nitrogen and oxygen atoms in total. The summed E-state index contributed by atoms with van der Waals surface area (Å²) < 4.78 is 0. The smallest absolute Gasteiger partial charge is 0.0223 e. The molecule has 2 rings (SSSR count). The van der Waals surface area contributed by atoms with Crippen molar-refractivity contribution >= 4 is 0 Å². The van der Waals surface area contributed by atoms with E-state index >= 15 is 0 Å². The minimum absolute atomic E-state index is 0.794. The molecule has 2 atom stereocenters. The quantitative estimate of drug-likeness (QED) is 0.716. The maximum Gasteiger partial charge on any atom is 0.0223 e. The molecule has 0 radical (unpaired) electrons. The summed E-state index contributed by atoms with van der Waals surface area (Å²) in [6.07, 6.45) is 9.83. The van der Waals surface area contributed by atoms with Gasteiger partial charge in [0.05, 0.1) is 0 Å². The Morgan fingerprint density at radius 1 is 1.29 bits per heavy atom. The normalized spacial score (nSPS) is 28.9. The van der Waals surface area contributed by atoms with Crippen LogP contribution in [0.2, 0.25) is 0 Å². The summed E-state index contributed by atoms with van der Waals surface area (Å²) in [5.74, 6) is 0.999. The van der Waals surface area contributed by atoms with Crippen LogP contribution in [0.4, 0.5) is 0 Å². The lowest BCUT2D eigenvalue weighted by molar-refractivity contribution is 0.187. The molecule has 1 aliphatic carbocycles. The second-order valence-corrected chi connectivity index (χ2v) is 6.09. The molecule has 1 heterocycles. The summed E-state index contributed by atoms with van der Waals surface area (Å²) in [6.45, 7) is 8.58. The number of rotatable bonds is 6. The third-order valence-corrected chi connectivity index (χ3v) is 4.50. The van der Waals surface area contributed by atoms with Crippen molar-refractivity contribution in [3.8, 4) is 0 Å². The maximum atomic E-state index is 3.75. The summed E-state index contributed by atoms with van der Waals surface area (Å²) in [6, 6.07) is 1.59. The molecule has 1 saturated carbocycles. The van der Waals surface area contributed by atoms with E-state index in [2.05, 4.69) is 24.1 Å². The Morgan fingerprint density at radius 3 is 2.82 bits per heavy atom. The van der Waals surface area contributed by atoms with Gasteiger partial charge in [-0.05, 0) is 51.6 Å². The summed E-state index contributed by atoms with van der Waals surface area (Å²) >= 11 is 0. The first-order valence-electron chi connectivity index (χ1n) is 7.78. The van der Waals surface area contributed by atoms with E-state index < -0.39 is 0 Å². The van der Waals surface area contributed by atoms with Gasteiger partial charge in [0.1, 0.15) is 0 Å². The second-order valence-electron chi connectivity index (χ2n) is 6.09. The van der Waals surface area contributed by atoms with Crippen molar-refractivity contribution in [2.75, 3.05) is 19.6 Å². The molecule has 1 N–H and O–H groups in total. The lowest BCUT2D eigenvalue weighted by Gasteiger charge is -2.30. The fraction of sp³-hybridized carbons (Fsp3) is 1.00. The van der Waals surface area contributed by atoms with Gasteiger partial charge < -0.3 is 5.32 Å². The Morgan fingerprint density at radius 2 is 2.12 bits per heavy atom. The summed E-state index contributed by atoms with van der Waals surface area (Å²) in [5.41, 5.74) is 0. The van der Waals surface area contributed by atoms with E-state index in [1.165, 1.54) is 64.6 Å². The number of nitrogens with one attached hydrogen (secondary N) is 1. The van der Waals surface area contributed by atoms with Crippen LogP contribution in [0, 0.1) is 5.92 Å². The predicted octanol–water partition coefficient (Wildman–Crippen LogP) is 3.03. The van der Waals surface area contributed by atoms with Gasteiger partial charge in [-0.25, -0.2) is 0 Å². The van der Waals surface area contributed by atoms with Gasteiger partial charge in [0, 0.05) is 18.6 Å². The topological polar surface area (TPSA) is 15.3 Å². The summed E-state index contributed by atoms with van der Waals surface area (Å²) in [5, 5.41) is 3.75. The summed E-state index contributed by atoms with van der Waals surface area (Å²) in [7, 11) is 0. The lowest BCUT2D eigenvalue weighted by Crippen LogP contribution is -2.42. The number of nitrogens with zero attached hydrogens (tertiary/aromatic N) is 1. The molecular weight excluding hydrogens is 208 g/mol. The molecule has 0 amide bonds. The average molecular weight is 238 g/mol. The molecule has 0 aromatic rings. The van der Waals surface area contributed by atoms with Crippen LogP contribution < -0.4 is 5.32 Å². The standard InChI is InChI=1S/C15H30N2/c1-3-4-5-7-13(2)17-11-6-10-16-15(12-17)14-8-9-14/h13-16H,3-12H2,1-2H3. The van der Waals surface area contributed by atoms with Gasteiger partial charge in [0.25, 0.3) is 0 Å². The van der Waals surface area contributed by atoms with Gasteiger partial charge in [-0.1, -0.05) is 26.2 Å². The van der Waals surface area contributed by atoms with Gasteiger partial charge in [-0.3, -0.25) is 4.90 Å². The van der Waals surface area contributed by atoms with Gasteiger partial charge in [0.2, 0.25) is 0 Å². The van der Waals surface area contributed by atoms with E-state index in [1.807, 2.05) is 0 Å². The monoisotopic (exact) mass is 238 g/mol. The third-order valence-electron chi connectivity index (χ3n) is 4.50. The molecule has 0 aromatic carbocycles. The fourth-order valence-corrected chi connectivity index (χ4v) is 3.07. The van der Waals surface area contributed by atoms with Gasteiger partial charge in [-0.15, -0.1) is 0 Å². The van der Waals surface area contributed by atoms with Gasteiger partial charge >= 0.3 is 0 Å². The van der Waals surface area contributed by atoms with Crippen molar-refractivity contribution in [2.45, 2.75) is 70.9 Å². The Balaban J connectivity index is 1.76. The maximum absolute atomic E-state index is 3.75. The predicted molar refractivity (Wildman–Crippen MR) is 74.3 cm³/mol. The van der Waals surface area contributed by atoms with E-state index in [1.54, 1.807) is 0 Å². The van der Waals surface area contributed by atoms with Crippen molar-refractivity contribution < 1.29 is 0 Å². The minimum Gasteiger partial charge on any atom is -0.312 e. The summed E-state index contributed by atoms with van der Waals surface area (Å²) in [4.78, 5) is 2.75. The molecule has 17 heavy (non-hydrogen) atoms. The zero-order valence-corrected chi connectivity index (χ0v) is 11.8. The molecule has 1 saturated heterocycles. The minimum atomic E-state index is 0.794. The average Bonchev–Trinajstić information content (AvgIpc) is 3.15. The lowest BCUT2D eigenvalue weighted by atomic mass is 10.1. The largest absolute Gasteiger partial charge is 0.312 e. The third kappa shape index (κ3) is 4.26. The van der Waals surface area contributed by atoms with E-state index in [0.717, 1.165) is 18.0 Å². The number of unbranched alkanes of at least 4 members (excludes halogenated alkanes) is 2. The second kappa shape index (κ2) is 6.75. The molecular formula is C15H30N2. The van der Waals surface area contributed by atoms with Crippen LogP contribution in [0.5, 0.6) is 0 Å². The molecule has 2 unspecified atom stereocenters. The Kier molecular flexibility index (Phi) is 5.30. The Bertz CT molecular complexity index is 213. The zero-order chi connectivity index (χ0) is 12.1.